The van der Waals surface area contributed by atoms with Crippen molar-refractivity contribution in [3.63, 3.8) is 0 Å². The highest BCUT2D eigenvalue weighted by Crippen LogP contribution is 2.24. The number of thioether (sulfide) groups is 1. The minimum Gasteiger partial charge on any atom is -0.484 e. The maximum atomic E-state index is 12.0. The van der Waals surface area contributed by atoms with E-state index in [1.165, 1.54) is 11.8 Å². The molecule has 0 saturated carbocycles. The Balaban J connectivity index is 1.88. The molecule has 25 heavy (non-hydrogen) atoms. The van der Waals surface area contributed by atoms with Crippen LogP contribution in [0.4, 0.5) is 0 Å². The van der Waals surface area contributed by atoms with Crippen molar-refractivity contribution >= 4 is 29.3 Å². The molecule has 0 bridgehead atoms. The van der Waals surface area contributed by atoms with Crippen LogP contribution in [0.1, 0.15) is 32.5 Å². The Bertz CT molecular complexity index is 704. The Labute approximate surface area is 157 Å². The Morgan fingerprint density at radius 3 is 2.72 bits per heavy atom. The lowest BCUT2D eigenvalue weighted by atomic mass is 10.2. The summed E-state index contributed by atoms with van der Waals surface area (Å²) in [5.41, 5.74) is 0. The summed E-state index contributed by atoms with van der Waals surface area (Å²) in [6, 6.07) is 7.51. The molecule has 1 aromatic heterocycles. The zero-order valence-corrected chi connectivity index (χ0v) is 16.2. The molecule has 0 aliphatic rings. The molecular formula is C17H23ClN4O2S. The molecule has 6 nitrogen and oxygen atoms in total. The first-order valence-electron chi connectivity index (χ1n) is 8.22. The van der Waals surface area contributed by atoms with Gasteiger partial charge in [-0.3, -0.25) is 4.79 Å². The summed E-state index contributed by atoms with van der Waals surface area (Å²) < 4.78 is 7.51. The molecule has 2 aromatic rings. The minimum atomic E-state index is 0.00978. The second-order valence-corrected chi connectivity index (χ2v) is 6.90. The highest BCUT2D eigenvalue weighted by Gasteiger charge is 2.14. The third kappa shape index (κ3) is 5.64. The fourth-order valence-corrected chi connectivity index (χ4v) is 3.12. The van der Waals surface area contributed by atoms with Crippen LogP contribution in [0.15, 0.2) is 29.4 Å². The highest BCUT2D eigenvalue weighted by molar-refractivity contribution is 7.99. The van der Waals surface area contributed by atoms with E-state index < -0.39 is 0 Å². The van der Waals surface area contributed by atoms with Crippen LogP contribution in [0, 0.1) is 0 Å². The molecule has 1 amide bonds. The molecule has 2 rings (SSSR count). The van der Waals surface area contributed by atoms with Crippen LogP contribution in [0.25, 0.3) is 0 Å². The van der Waals surface area contributed by atoms with Gasteiger partial charge in [-0.1, -0.05) is 49.3 Å². The molecule has 0 spiro atoms. The van der Waals surface area contributed by atoms with E-state index in [0.717, 1.165) is 12.8 Å². The van der Waals surface area contributed by atoms with E-state index in [1.807, 2.05) is 23.7 Å². The van der Waals surface area contributed by atoms with Gasteiger partial charge < -0.3 is 14.6 Å². The summed E-state index contributed by atoms with van der Waals surface area (Å²) in [6.07, 6.45) is 1.86. The van der Waals surface area contributed by atoms with E-state index in [2.05, 4.69) is 29.4 Å². The summed E-state index contributed by atoms with van der Waals surface area (Å²) in [5, 5.41) is 12.5. The van der Waals surface area contributed by atoms with Crippen LogP contribution in [-0.4, -0.2) is 32.5 Å². The normalized spacial score (nSPS) is 10.9. The van der Waals surface area contributed by atoms with Gasteiger partial charge in [-0.2, -0.15) is 0 Å². The van der Waals surface area contributed by atoms with Crippen molar-refractivity contribution < 1.29 is 9.53 Å². The van der Waals surface area contributed by atoms with Crippen LogP contribution in [-0.2, 0) is 18.4 Å². The summed E-state index contributed by atoms with van der Waals surface area (Å²) in [4.78, 5) is 12.0. The van der Waals surface area contributed by atoms with Crippen LogP contribution >= 0.6 is 23.4 Å². The van der Waals surface area contributed by atoms with Gasteiger partial charge in [0.2, 0.25) is 5.91 Å². The third-order valence-electron chi connectivity index (χ3n) is 3.80. The fourth-order valence-electron chi connectivity index (χ4n) is 2.19. The van der Waals surface area contributed by atoms with Gasteiger partial charge in [-0.15, -0.1) is 10.2 Å². The molecule has 0 aliphatic carbocycles. The summed E-state index contributed by atoms with van der Waals surface area (Å²) in [7, 11) is 1.85. The van der Waals surface area contributed by atoms with Gasteiger partial charge in [0.25, 0.3) is 0 Å². The quantitative estimate of drug-likeness (QED) is 0.673. The van der Waals surface area contributed by atoms with E-state index in [0.29, 0.717) is 27.5 Å². The highest BCUT2D eigenvalue weighted by atomic mass is 35.5. The van der Waals surface area contributed by atoms with Gasteiger partial charge in [0.05, 0.1) is 10.8 Å². The van der Waals surface area contributed by atoms with Crippen molar-refractivity contribution in [3.8, 4) is 5.75 Å². The van der Waals surface area contributed by atoms with E-state index in [1.54, 1.807) is 12.1 Å². The van der Waals surface area contributed by atoms with E-state index >= 15 is 0 Å². The first kappa shape index (κ1) is 19.6. The topological polar surface area (TPSA) is 69.0 Å². The van der Waals surface area contributed by atoms with Gasteiger partial charge in [0, 0.05) is 13.1 Å². The minimum absolute atomic E-state index is 0.00978. The molecule has 136 valence electrons. The van der Waals surface area contributed by atoms with E-state index in [9.17, 15) is 4.79 Å². The molecule has 8 heteroatoms. The number of benzene rings is 1. The lowest BCUT2D eigenvalue weighted by Gasteiger charge is -2.14. The lowest BCUT2D eigenvalue weighted by molar-refractivity contribution is -0.119. The average molecular weight is 383 g/mol. The average Bonchev–Trinajstić information content (AvgIpc) is 2.97. The van der Waals surface area contributed by atoms with Crippen LogP contribution in [0.5, 0.6) is 5.75 Å². The molecule has 1 aromatic carbocycles. The van der Waals surface area contributed by atoms with Crippen molar-refractivity contribution in [2.24, 2.45) is 7.05 Å². The summed E-state index contributed by atoms with van der Waals surface area (Å²) in [6.45, 7) is 4.39. The van der Waals surface area contributed by atoms with Gasteiger partial charge in [0.1, 0.15) is 12.4 Å². The second kappa shape index (κ2) is 9.68. The molecule has 1 heterocycles. The molecule has 0 unspecified atom stereocenters. The fraction of sp³-hybridized carbons (Fsp3) is 0.471. The van der Waals surface area contributed by atoms with Crippen LogP contribution < -0.4 is 10.1 Å². The number of carbonyl (C=O) groups is 1. The number of ether oxygens (including phenoxy) is 1. The number of nitrogens with one attached hydrogen (secondary N) is 1. The number of aromatic nitrogens is 3. The molecule has 0 atom stereocenters. The van der Waals surface area contributed by atoms with Gasteiger partial charge >= 0.3 is 0 Å². The predicted molar refractivity (Wildman–Crippen MR) is 100 cm³/mol. The Hall–Kier alpha value is -1.73. The first-order valence-corrected chi connectivity index (χ1v) is 9.59. The maximum absolute atomic E-state index is 12.0. The van der Waals surface area contributed by atoms with Gasteiger partial charge in [0.15, 0.2) is 11.0 Å². The Kier molecular flexibility index (Phi) is 7.58. The standard InChI is InChI=1S/C17H23ClN4O2S/c1-4-12(5-2)19-16(23)11-25-17-21-20-15(22(17)3)10-24-14-9-7-6-8-13(14)18/h6-9,12H,4-5,10-11H2,1-3H3,(H,19,23). The second-order valence-electron chi connectivity index (χ2n) is 5.55. The molecule has 0 fully saturated rings. The van der Waals surface area contributed by atoms with Crippen molar-refractivity contribution in [1.29, 1.82) is 0 Å². The van der Waals surface area contributed by atoms with E-state index in [-0.39, 0.29) is 18.6 Å². The number of hydrogen-bond donors (Lipinski definition) is 1. The number of nitrogens with zero attached hydrogens (tertiary/aromatic N) is 3. The van der Waals surface area contributed by atoms with Crippen LogP contribution in [0.2, 0.25) is 5.02 Å². The molecule has 0 saturated heterocycles. The number of carbonyl (C=O) groups excluding carboxylic acids is 1. The van der Waals surface area contributed by atoms with Crippen molar-refractivity contribution in [3.05, 3.63) is 35.1 Å². The van der Waals surface area contributed by atoms with Crippen molar-refractivity contribution in [2.75, 3.05) is 5.75 Å². The number of amides is 1. The Morgan fingerprint density at radius 1 is 1.32 bits per heavy atom. The van der Waals surface area contributed by atoms with Crippen molar-refractivity contribution in [2.45, 2.75) is 44.5 Å². The number of para-hydroxylation sites is 1. The van der Waals surface area contributed by atoms with E-state index in [4.69, 9.17) is 16.3 Å². The zero-order valence-electron chi connectivity index (χ0n) is 14.7. The molecule has 0 aliphatic heterocycles. The molecule has 0 radical (unpaired) electrons. The lowest BCUT2D eigenvalue weighted by Crippen LogP contribution is -2.35. The van der Waals surface area contributed by atoms with Crippen molar-refractivity contribution in [1.82, 2.24) is 20.1 Å². The smallest absolute Gasteiger partial charge is 0.230 e. The van der Waals surface area contributed by atoms with Crippen LogP contribution in [0.3, 0.4) is 0 Å². The first-order chi connectivity index (χ1) is 12.0. The Morgan fingerprint density at radius 2 is 2.04 bits per heavy atom. The summed E-state index contributed by atoms with van der Waals surface area (Å²) in [5.74, 6) is 1.60. The zero-order chi connectivity index (χ0) is 18.2. The largest absolute Gasteiger partial charge is 0.484 e. The number of hydrogen-bond acceptors (Lipinski definition) is 5. The van der Waals surface area contributed by atoms with Gasteiger partial charge in [-0.25, -0.2) is 0 Å². The molecule has 1 N–H and O–H groups in total. The maximum Gasteiger partial charge on any atom is 0.230 e. The SMILES string of the molecule is CCC(CC)NC(=O)CSc1nnc(COc2ccccc2Cl)n1C. The number of halogens is 1. The summed E-state index contributed by atoms with van der Waals surface area (Å²) >= 11 is 7.43. The van der Waals surface area contributed by atoms with Gasteiger partial charge in [-0.05, 0) is 25.0 Å². The third-order valence-corrected chi connectivity index (χ3v) is 5.13. The molecular weight excluding hydrogens is 360 g/mol. The predicted octanol–water partition coefficient (Wildman–Crippen LogP) is 3.44. The number of rotatable bonds is 9. The monoisotopic (exact) mass is 382 g/mol.